The summed E-state index contributed by atoms with van der Waals surface area (Å²) in [7, 11) is 0. The largest absolute Gasteiger partial charge is 0.358 e. The van der Waals surface area contributed by atoms with Crippen LogP contribution in [0.25, 0.3) is 6.08 Å². The van der Waals surface area contributed by atoms with Crippen molar-refractivity contribution in [2.75, 3.05) is 4.90 Å². The van der Waals surface area contributed by atoms with E-state index < -0.39 is 23.9 Å². The van der Waals surface area contributed by atoms with Crippen LogP contribution in [0, 0.1) is 25.7 Å². The summed E-state index contributed by atoms with van der Waals surface area (Å²) in [6, 6.07) is 19.1. The van der Waals surface area contributed by atoms with Gasteiger partial charge >= 0.3 is 0 Å². The Kier molecular flexibility index (Phi) is 4.94. The van der Waals surface area contributed by atoms with Gasteiger partial charge in [-0.1, -0.05) is 53.6 Å². The van der Waals surface area contributed by atoms with Crippen molar-refractivity contribution in [1.29, 1.82) is 0 Å². The number of hydrogen-bond donors (Lipinski definition) is 0. The molecule has 3 heterocycles. The third kappa shape index (κ3) is 3.18. The lowest BCUT2D eigenvalue weighted by atomic mass is 9.83. The van der Waals surface area contributed by atoms with Crippen LogP contribution in [-0.2, 0) is 9.59 Å². The topological polar surface area (TPSA) is 57.7 Å². The average Bonchev–Trinajstić information content (AvgIpc) is 3.32. The van der Waals surface area contributed by atoms with Gasteiger partial charge in [0.05, 0.1) is 23.6 Å². The van der Waals surface area contributed by atoms with Crippen LogP contribution < -0.4 is 4.90 Å². The molecule has 6 rings (SSSR count). The van der Waals surface area contributed by atoms with Gasteiger partial charge in [0.1, 0.15) is 6.04 Å². The predicted molar refractivity (Wildman–Crippen MR) is 135 cm³/mol. The van der Waals surface area contributed by atoms with Crippen LogP contribution in [0.4, 0.5) is 5.69 Å². The molecule has 0 spiro atoms. The number of Topliss-reactive ketones (excluding diaryl/α,β-unsaturated/α-hetero) is 1. The first-order valence-corrected chi connectivity index (χ1v) is 12.0. The molecule has 0 aliphatic carbocycles. The Balaban J connectivity index is 1.50. The minimum absolute atomic E-state index is 0.188. The molecule has 35 heavy (non-hydrogen) atoms. The Morgan fingerprint density at radius 2 is 1.60 bits per heavy atom. The number of rotatable bonds is 3. The average molecular weight is 483 g/mol. The second-order valence-corrected chi connectivity index (χ2v) is 9.94. The number of aryl methyl sites for hydroxylation is 2. The number of ketones is 1. The minimum atomic E-state index is -0.789. The molecule has 0 saturated carbocycles. The minimum Gasteiger partial charge on any atom is -0.358 e. The molecule has 2 fully saturated rings. The maximum atomic E-state index is 14.0. The number of benzene rings is 3. The van der Waals surface area contributed by atoms with Crippen LogP contribution in [-0.4, -0.2) is 28.5 Å². The number of amides is 2. The van der Waals surface area contributed by atoms with E-state index in [-0.39, 0.29) is 17.6 Å². The molecule has 2 amide bonds. The van der Waals surface area contributed by atoms with E-state index in [1.165, 1.54) is 4.90 Å². The fraction of sp³-hybridized carbons (Fsp3) is 0.207. The van der Waals surface area contributed by atoms with Gasteiger partial charge < -0.3 is 4.90 Å². The van der Waals surface area contributed by atoms with Gasteiger partial charge in [-0.05, 0) is 66.9 Å². The van der Waals surface area contributed by atoms with Crippen molar-refractivity contribution in [1.82, 2.24) is 4.90 Å². The number of nitrogens with zero attached hydrogens (tertiary/aromatic N) is 2. The summed E-state index contributed by atoms with van der Waals surface area (Å²) >= 11 is 6.05. The van der Waals surface area contributed by atoms with Gasteiger partial charge in [0, 0.05) is 16.8 Å². The van der Waals surface area contributed by atoms with Gasteiger partial charge in [0.2, 0.25) is 11.8 Å². The standard InChI is InChI=1S/C29H23ClN2O3/c1-16-7-12-22(17(2)15-16)32-28(34)23-24(29(32)35)26(27(33)19-8-10-20(30)11-9-19)31-14-13-18-5-3-4-6-21(18)25(23)31/h3-15,23-26H,1-2H3/t23-,24+,25?,26-/m0/s1. The van der Waals surface area contributed by atoms with Gasteiger partial charge in [0.25, 0.3) is 0 Å². The predicted octanol–water partition coefficient (Wildman–Crippen LogP) is 5.36. The smallest absolute Gasteiger partial charge is 0.240 e. The first-order chi connectivity index (χ1) is 16.9. The molecule has 3 aromatic rings. The van der Waals surface area contributed by atoms with E-state index in [4.69, 9.17) is 11.6 Å². The van der Waals surface area contributed by atoms with Crippen LogP contribution in [0.15, 0.2) is 72.9 Å². The molecule has 174 valence electrons. The Hall–Kier alpha value is -3.70. The molecule has 3 aromatic carbocycles. The second kappa shape index (κ2) is 7.92. The number of halogens is 1. The van der Waals surface area contributed by atoms with Crippen molar-refractivity contribution < 1.29 is 14.4 Å². The van der Waals surface area contributed by atoms with Gasteiger partial charge in [0.15, 0.2) is 5.78 Å². The molecule has 3 aliphatic rings. The fourth-order valence-electron chi connectivity index (χ4n) is 5.94. The summed E-state index contributed by atoms with van der Waals surface area (Å²) in [6.07, 6.45) is 3.82. The molecular weight excluding hydrogens is 460 g/mol. The highest BCUT2D eigenvalue weighted by Gasteiger charge is 2.64. The summed E-state index contributed by atoms with van der Waals surface area (Å²) in [5.41, 5.74) is 4.92. The van der Waals surface area contributed by atoms with E-state index in [1.54, 1.807) is 24.3 Å². The van der Waals surface area contributed by atoms with Gasteiger partial charge in [-0.3, -0.25) is 14.4 Å². The van der Waals surface area contributed by atoms with Crippen molar-refractivity contribution in [3.8, 4) is 0 Å². The number of imide groups is 1. The first-order valence-electron chi connectivity index (χ1n) is 11.7. The van der Waals surface area contributed by atoms with Crippen LogP contribution >= 0.6 is 11.6 Å². The Morgan fingerprint density at radius 3 is 2.34 bits per heavy atom. The molecule has 2 saturated heterocycles. The molecule has 6 heteroatoms. The lowest BCUT2D eigenvalue weighted by Gasteiger charge is -2.35. The number of carbonyl (C=O) groups excluding carboxylic acids is 3. The van der Waals surface area contributed by atoms with Crippen molar-refractivity contribution in [2.24, 2.45) is 11.8 Å². The molecule has 1 unspecified atom stereocenters. The van der Waals surface area contributed by atoms with Crippen molar-refractivity contribution in [2.45, 2.75) is 25.9 Å². The number of carbonyl (C=O) groups is 3. The highest BCUT2D eigenvalue weighted by molar-refractivity contribution is 6.30. The summed E-state index contributed by atoms with van der Waals surface area (Å²) in [5.74, 6) is -2.20. The Bertz CT molecular complexity index is 1430. The summed E-state index contributed by atoms with van der Waals surface area (Å²) < 4.78 is 0. The number of fused-ring (bicyclic) bond motifs is 5. The van der Waals surface area contributed by atoms with Gasteiger partial charge in [-0.15, -0.1) is 0 Å². The van der Waals surface area contributed by atoms with Crippen molar-refractivity contribution in [3.05, 3.63) is 106 Å². The molecular formula is C29H23ClN2O3. The van der Waals surface area contributed by atoms with Crippen molar-refractivity contribution in [3.63, 3.8) is 0 Å². The van der Waals surface area contributed by atoms with E-state index >= 15 is 0 Å². The first kappa shape index (κ1) is 21.8. The Morgan fingerprint density at radius 1 is 0.886 bits per heavy atom. The van der Waals surface area contributed by atoms with Crippen LogP contribution in [0.3, 0.4) is 0 Å². The number of anilines is 1. The lowest BCUT2D eigenvalue weighted by molar-refractivity contribution is -0.123. The zero-order chi connectivity index (χ0) is 24.4. The second-order valence-electron chi connectivity index (χ2n) is 9.51. The summed E-state index contributed by atoms with van der Waals surface area (Å²) in [6.45, 7) is 3.88. The zero-order valence-corrected chi connectivity index (χ0v) is 20.1. The Labute approximate surface area is 208 Å². The molecule has 0 N–H and O–H groups in total. The molecule has 0 bridgehead atoms. The highest BCUT2D eigenvalue weighted by Crippen LogP contribution is 2.54. The monoisotopic (exact) mass is 482 g/mol. The highest BCUT2D eigenvalue weighted by atomic mass is 35.5. The lowest BCUT2D eigenvalue weighted by Crippen LogP contribution is -2.44. The molecule has 4 atom stereocenters. The zero-order valence-electron chi connectivity index (χ0n) is 19.3. The van der Waals surface area contributed by atoms with Crippen LogP contribution in [0.5, 0.6) is 0 Å². The molecule has 0 aromatic heterocycles. The van der Waals surface area contributed by atoms with E-state index in [1.807, 2.05) is 73.5 Å². The third-order valence-corrected chi connectivity index (χ3v) is 7.70. The van der Waals surface area contributed by atoms with Gasteiger partial charge in [-0.25, -0.2) is 4.90 Å². The maximum absolute atomic E-state index is 14.0. The summed E-state index contributed by atoms with van der Waals surface area (Å²) in [4.78, 5) is 45.1. The van der Waals surface area contributed by atoms with E-state index in [2.05, 4.69) is 0 Å². The van der Waals surface area contributed by atoms with Crippen LogP contribution in [0.2, 0.25) is 5.02 Å². The van der Waals surface area contributed by atoms with Crippen molar-refractivity contribution >= 4 is 41.0 Å². The van der Waals surface area contributed by atoms with E-state index in [0.717, 1.165) is 22.3 Å². The summed E-state index contributed by atoms with van der Waals surface area (Å²) in [5, 5.41) is 0.531. The van der Waals surface area contributed by atoms with Crippen LogP contribution in [0.1, 0.15) is 38.7 Å². The molecule has 0 radical (unpaired) electrons. The quantitative estimate of drug-likeness (QED) is 0.373. The fourth-order valence-corrected chi connectivity index (χ4v) is 6.06. The van der Waals surface area contributed by atoms with Gasteiger partial charge in [-0.2, -0.15) is 0 Å². The normalized spacial score (nSPS) is 24.4. The maximum Gasteiger partial charge on any atom is 0.240 e. The molecule has 5 nitrogen and oxygen atoms in total. The SMILES string of the molecule is Cc1ccc(N2C(=O)[C@@H]3[C@H](C2=O)C2c4ccccc4C=CN2[C@@H]3C(=O)c2ccc(Cl)cc2)c(C)c1. The molecule has 3 aliphatic heterocycles. The third-order valence-electron chi connectivity index (χ3n) is 7.45. The van der Waals surface area contributed by atoms with E-state index in [0.29, 0.717) is 16.3 Å². The number of hydrogen-bond acceptors (Lipinski definition) is 4. The van der Waals surface area contributed by atoms with E-state index in [9.17, 15) is 14.4 Å².